The minimum Gasteiger partial charge on any atom is -0.368 e. The molecule has 3 rings (SSSR count). The van der Waals surface area contributed by atoms with E-state index in [4.69, 9.17) is 4.74 Å². The first-order chi connectivity index (χ1) is 11.2. The molecule has 0 aliphatic carbocycles. The van der Waals surface area contributed by atoms with Gasteiger partial charge in [0.25, 0.3) is 5.91 Å². The summed E-state index contributed by atoms with van der Waals surface area (Å²) in [6, 6.07) is 13.8. The smallest absolute Gasteiger partial charge is 0.253 e. The molecular formula is C18H21N3O2. The van der Waals surface area contributed by atoms with E-state index >= 15 is 0 Å². The Balaban J connectivity index is 1.50. The lowest BCUT2D eigenvalue weighted by atomic mass is 9.97. The first-order valence-electron chi connectivity index (χ1n) is 7.89. The van der Waals surface area contributed by atoms with Gasteiger partial charge in [0.15, 0.2) is 6.10 Å². The summed E-state index contributed by atoms with van der Waals surface area (Å²) in [6.45, 7) is 3.68. The molecule has 1 aromatic heterocycles. The molecule has 1 atom stereocenters. The van der Waals surface area contributed by atoms with E-state index in [0.29, 0.717) is 19.7 Å². The van der Waals surface area contributed by atoms with Crippen LogP contribution in [0.1, 0.15) is 22.9 Å². The first-order valence-corrected chi connectivity index (χ1v) is 7.89. The average molecular weight is 311 g/mol. The molecule has 0 unspecified atom stereocenters. The Morgan fingerprint density at radius 2 is 2.09 bits per heavy atom. The average Bonchev–Trinajstić information content (AvgIpc) is 2.58. The molecule has 0 fully saturated rings. The molecule has 23 heavy (non-hydrogen) atoms. The highest BCUT2D eigenvalue weighted by atomic mass is 16.5. The Labute approximate surface area is 136 Å². The van der Waals surface area contributed by atoms with E-state index in [0.717, 1.165) is 23.5 Å². The van der Waals surface area contributed by atoms with E-state index in [1.807, 2.05) is 43.3 Å². The van der Waals surface area contributed by atoms with Crippen LogP contribution in [-0.2, 0) is 16.0 Å². The number of pyridine rings is 1. The number of carbonyl (C=O) groups is 1. The third-order valence-electron chi connectivity index (χ3n) is 3.85. The van der Waals surface area contributed by atoms with E-state index in [9.17, 15) is 4.79 Å². The summed E-state index contributed by atoms with van der Waals surface area (Å²) in [5.74, 6) is 0.731. The van der Waals surface area contributed by atoms with Gasteiger partial charge in [0, 0.05) is 18.8 Å². The zero-order valence-electron chi connectivity index (χ0n) is 13.2. The summed E-state index contributed by atoms with van der Waals surface area (Å²) >= 11 is 0. The first kappa shape index (κ1) is 15.5. The molecule has 0 saturated carbocycles. The van der Waals surface area contributed by atoms with Crippen LogP contribution in [-0.4, -0.2) is 30.6 Å². The van der Waals surface area contributed by atoms with Gasteiger partial charge >= 0.3 is 0 Å². The van der Waals surface area contributed by atoms with Crippen LogP contribution in [0, 0.1) is 6.92 Å². The van der Waals surface area contributed by atoms with Gasteiger partial charge < -0.3 is 15.4 Å². The summed E-state index contributed by atoms with van der Waals surface area (Å²) < 4.78 is 5.65. The summed E-state index contributed by atoms with van der Waals surface area (Å²) in [4.78, 5) is 16.7. The Morgan fingerprint density at radius 1 is 1.22 bits per heavy atom. The number of hydrogen-bond donors (Lipinski definition) is 2. The van der Waals surface area contributed by atoms with Crippen LogP contribution in [0.3, 0.4) is 0 Å². The van der Waals surface area contributed by atoms with E-state index in [1.54, 1.807) is 0 Å². The van der Waals surface area contributed by atoms with Crippen molar-refractivity contribution in [2.24, 2.45) is 0 Å². The highest BCUT2D eigenvalue weighted by Gasteiger charge is 2.26. The number of carbonyl (C=O) groups excluding carboxylic acids is 1. The normalized spacial score (nSPS) is 16.5. The zero-order chi connectivity index (χ0) is 16.1. The summed E-state index contributed by atoms with van der Waals surface area (Å²) in [6.07, 6.45) is 0.359. The van der Waals surface area contributed by atoms with Gasteiger partial charge in [-0.15, -0.1) is 0 Å². The second-order valence-corrected chi connectivity index (χ2v) is 5.58. The predicted molar refractivity (Wildman–Crippen MR) is 89.3 cm³/mol. The third kappa shape index (κ3) is 3.87. The van der Waals surface area contributed by atoms with Gasteiger partial charge in [-0.3, -0.25) is 4.79 Å². The van der Waals surface area contributed by atoms with Crippen molar-refractivity contribution in [1.82, 2.24) is 10.3 Å². The van der Waals surface area contributed by atoms with Crippen molar-refractivity contribution < 1.29 is 9.53 Å². The van der Waals surface area contributed by atoms with Gasteiger partial charge in [-0.1, -0.05) is 30.3 Å². The number of hydrogen-bond acceptors (Lipinski definition) is 4. The molecule has 5 heteroatoms. The Morgan fingerprint density at radius 3 is 2.96 bits per heavy atom. The minimum absolute atomic E-state index is 0.0869. The van der Waals surface area contributed by atoms with Crippen molar-refractivity contribution in [1.29, 1.82) is 0 Å². The molecule has 0 saturated heterocycles. The van der Waals surface area contributed by atoms with Crippen molar-refractivity contribution >= 4 is 11.7 Å². The molecule has 2 aromatic rings. The summed E-state index contributed by atoms with van der Waals surface area (Å²) in [7, 11) is 0. The maximum Gasteiger partial charge on any atom is 0.253 e. The highest BCUT2D eigenvalue weighted by molar-refractivity contribution is 5.82. The number of aromatic nitrogens is 1. The van der Waals surface area contributed by atoms with Gasteiger partial charge in [0.2, 0.25) is 0 Å². The Kier molecular flexibility index (Phi) is 4.88. The fraction of sp³-hybridized carbons (Fsp3) is 0.333. The third-order valence-corrected chi connectivity index (χ3v) is 3.85. The molecule has 2 N–H and O–H groups in total. The minimum atomic E-state index is -0.503. The quantitative estimate of drug-likeness (QED) is 0.831. The fourth-order valence-corrected chi connectivity index (χ4v) is 2.72. The van der Waals surface area contributed by atoms with Crippen LogP contribution in [0.5, 0.6) is 0 Å². The maximum atomic E-state index is 12.3. The standard InChI is InChI=1S/C18H21N3O2/c1-13-5-4-8-16(21-13)19-10-11-20-18(22)17-15-7-3-2-6-14(15)9-12-23-17/h2-8,17H,9-12H2,1H3,(H,19,21)(H,20,22)/t17-/m0/s1. The molecule has 0 bridgehead atoms. The van der Waals surface area contributed by atoms with Crippen LogP contribution >= 0.6 is 0 Å². The fourth-order valence-electron chi connectivity index (χ4n) is 2.72. The van der Waals surface area contributed by atoms with Crippen LogP contribution in [0.15, 0.2) is 42.5 Å². The maximum absolute atomic E-state index is 12.3. The van der Waals surface area contributed by atoms with E-state index in [-0.39, 0.29) is 5.91 Å². The molecule has 0 radical (unpaired) electrons. The molecule has 1 aliphatic rings. The van der Waals surface area contributed by atoms with Gasteiger partial charge in [-0.25, -0.2) is 4.98 Å². The van der Waals surface area contributed by atoms with Gasteiger partial charge in [0.05, 0.1) is 6.61 Å². The van der Waals surface area contributed by atoms with Crippen LogP contribution in [0.25, 0.3) is 0 Å². The van der Waals surface area contributed by atoms with Crippen molar-refractivity contribution in [3.8, 4) is 0 Å². The largest absolute Gasteiger partial charge is 0.368 e. The Bertz CT molecular complexity index is 687. The molecule has 120 valence electrons. The van der Waals surface area contributed by atoms with Gasteiger partial charge in [-0.2, -0.15) is 0 Å². The van der Waals surface area contributed by atoms with E-state index in [2.05, 4.69) is 21.7 Å². The number of amides is 1. The lowest BCUT2D eigenvalue weighted by Crippen LogP contribution is -2.36. The zero-order valence-corrected chi connectivity index (χ0v) is 13.2. The molecule has 2 heterocycles. The van der Waals surface area contributed by atoms with Crippen molar-refractivity contribution in [2.75, 3.05) is 25.0 Å². The van der Waals surface area contributed by atoms with Crippen molar-refractivity contribution in [3.63, 3.8) is 0 Å². The van der Waals surface area contributed by atoms with Gasteiger partial charge in [-0.05, 0) is 36.6 Å². The van der Waals surface area contributed by atoms with Crippen LogP contribution < -0.4 is 10.6 Å². The number of fused-ring (bicyclic) bond motifs is 1. The number of ether oxygens (including phenoxy) is 1. The van der Waals surface area contributed by atoms with Crippen LogP contribution in [0.2, 0.25) is 0 Å². The number of rotatable bonds is 5. The number of benzene rings is 1. The topological polar surface area (TPSA) is 63.2 Å². The predicted octanol–water partition coefficient (Wildman–Crippen LogP) is 2.23. The summed E-state index contributed by atoms with van der Waals surface area (Å²) in [5, 5.41) is 6.12. The SMILES string of the molecule is Cc1cccc(NCCNC(=O)[C@H]2OCCc3ccccc32)n1. The summed E-state index contributed by atoms with van der Waals surface area (Å²) in [5.41, 5.74) is 3.14. The molecule has 5 nitrogen and oxygen atoms in total. The lowest BCUT2D eigenvalue weighted by Gasteiger charge is -2.25. The highest BCUT2D eigenvalue weighted by Crippen LogP contribution is 2.26. The number of anilines is 1. The van der Waals surface area contributed by atoms with Crippen molar-refractivity contribution in [3.05, 3.63) is 59.3 Å². The number of nitrogens with one attached hydrogen (secondary N) is 2. The molecule has 1 amide bonds. The number of nitrogens with zero attached hydrogens (tertiary/aromatic N) is 1. The second kappa shape index (κ2) is 7.24. The number of aryl methyl sites for hydroxylation is 1. The van der Waals surface area contributed by atoms with Crippen molar-refractivity contribution in [2.45, 2.75) is 19.4 Å². The van der Waals surface area contributed by atoms with Crippen LogP contribution in [0.4, 0.5) is 5.82 Å². The molecule has 1 aliphatic heterocycles. The lowest BCUT2D eigenvalue weighted by molar-refractivity contribution is -0.134. The molecular weight excluding hydrogens is 290 g/mol. The van der Waals surface area contributed by atoms with Gasteiger partial charge in [0.1, 0.15) is 5.82 Å². The second-order valence-electron chi connectivity index (χ2n) is 5.58. The molecule has 1 aromatic carbocycles. The Hall–Kier alpha value is -2.40. The van der Waals surface area contributed by atoms with E-state index in [1.165, 1.54) is 5.56 Å². The van der Waals surface area contributed by atoms with E-state index < -0.39 is 6.10 Å². The molecule has 0 spiro atoms. The monoisotopic (exact) mass is 311 g/mol.